The van der Waals surface area contributed by atoms with E-state index >= 15 is 0 Å². The highest BCUT2D eigenvalue weighted by molar-refractivity contribution is 7.88. The molecule has 0 saturated carbocycles. The first kappa shape index (κ1) is 16.7. The molecular formula is C14H27N3O3S. The summed E-state index contributed by atoms with van der Waals surface area (Å²) in [7, 11) is -3.11. The van der Waals surface area contributed by atoms with Gasteiger partial charge in [0.1, 0.15) is 0 Å². The van der Waals surface area contributed by atoms with Crippen LogP contribution in [0.25, 0.3) is 0 Å². The number of hydrogen-bond acceptors (Lipinski definition) is 4. The third-order valence-electron chi connectivity index (χ3n) is 4.47. The zero-order valence-corrected chi connectivity index (χ0v) is 13.7. The summed E-state index contributed by atoms with van der Waals surface area (Å²) in [4.78, 5) is 14.5. The molecule has 2 rings (SSSR count). The van der Waals surface area contributed by atoms with Crippen LogP contribution in [0.2, 0.25) is 0 Å². The topological polar surface area (TPSA) is 69.7 Å². The van der Waals surface area contributed by atoms with Crippen LogP contribution in [-0.4, -0.2) is 69.1 Å². The molecule has 0 unspecified atom stereocenters. The number of nitrogens with one attached hydrogen (secondary N) is 1. The van der Waals surface area contributed by atoms with Gasteiger partial charge in [-0.15, -0.1) is 0 Å². The lowest BCUT2D eigenvalue weighted by Crippen LogP contribution is -2.44. The molecule has 0 bridgehead atoms. The highest BCUT2D eigenvalue weighted by atomic mass is 32.2. The zero-order valence-electron chi connectivity index (χ0n) is 12.9. The van der Waals surface area contributed by atoms with E-state index < -0.39 is 10.0 Å². The Morgan fingerprint density at radius 3 is 2.29 bits per heavy atom. The molecule has 122 valence electrons. The van der Waals surface area contributed by atoms with Gasteiger partial charge in [-0.05, 0) is 38.8 Å². The van der Waals surface area contributed by atoms with Crippen LogP contribution in [0, 0.1) is 5.92 Å². The van der Waals surface area contributed by atoms with E-state index in [9.17, 15) is 13.2 Å². The molecule has 6 nitrogen and oxygen atoms in total. The van der Waals surface area contributed by atoms with Crippen molar-refractivity contribution in [3.63, 3.8) is 0 Å². The van der Waals surface area contributed by atoms with Crippen LogP contribution in [-0.2, 0) is 14.8 Å². The molecule has 21 heavy (non-hydrogen) atoms. The highest BCUT2D eigenvalue weighted by Crippen LogP contribution is 2.19. The molecule has 1 N–H and O–H groups in total. The Morgan fingerprint density at radius 1 is 1.10 bits per heavy atom. The lowest BCUT2D eigenvalue weighted by atomic mass is 9.97. The number of carbonyl (C=O) groups excluding carboxylic acids is 1. The van der Waals surface area contributed by atoms with Crippen molar-refractivity contribution in [2.24, 2.45) is 5.92 Å². The van der Waals surface area contributed by atoms with Gasteiger partial charge >= 0.3 is 0 Å². The normalized spacial score (nSPS) is 23.1. The van der Waals surface area contributed by atoms with Crippen molar-refractivity contribution in [1.82, 2.24) is 14.5 Å². The predicted octanol–water partition coefficient (Wildman–Crippen LogP) is 0.260. The number of hydrogen-bond donors (Lipinski definition) is 1. The average Bonchev–Trinajstić information content (AvgIpc) is 2.47. The molecule has 0 spiro atoms. The molecule has 0 aliphatic carbocycles. The summed E-state index contributed by atoms with van der Waals surface area (Å²) < 4.78 is 24.3. The molecule has 2 aliphatic rings. The van der Waals surface area contributed by atoms with Crippen molar-refractivity contribution >= 4 is 15.9 Å². The number of amides is 1. The Morgan fingerprint density at radius 2 is 1.71 bits per heavy atom. The van der Waals surface area contributed by atoms with Gasteiger partial charge < -0.3 is 10.2 Å². The molecule has 2 heterocycles. The third-order valence-corrected chi connectivity index (χ3v) is 5.77. The van der Waals surface area contributed by atoms with E-state index in [0.29, 0.717) is 32.5 Å². The monoisotopic (exact) mass is 317 g/mol. The fourth-order valence-corrected chi connectivity index (χ4v) is 3.99. The molecule has 0 aromatic heterocycles. The van der Waals surface area contributed by atoms with Crippen LogP contribution in [0.15, 0.2) is 0 Å². The largest absolute Gasteiger partial charge is 0.355 e. The summed E-state index contributed by atoms with van der Waals surface area (Å²) in [5, 5.41) is 3.00. The van der Waals surface area contributed by atoms with Crippen LogP contribution in [0.3, 0.4) is 0 Å². The van der Waals surface area contributed by atoms with Gasteiger partial charge in [-0.1, -0.05) is 6.42 Å². The molecule has 2 fully saturated rings. The summed E-state index contributed by atoms with van der Waals surface area (Å²) >= 11 is 0. The number of rotatable bonds is 5. The zero-order chi connectivity index (χ0) is 15.3. The summed E-state index contributed by atoms with van der Waals surface area (Å²) in [5.74, 6) is 0.0458. The Labute approximate surface area is 127 Å². The van der Waals surface area contributed by atoms with Crippen molar-refractivity contribution in [3.05, 3.63) is 0 Å². The second-order valence-corrected chi connectivity index (χ2v) is 8.11. The third kappa shape index (κ3) is 5.23. The molecule has 2 aliphatic heterocycles. The second-order valence-electron chi connectivity index (χ2n) is 6.13. The van der Waals surface area contributed by atoms with Gasteiger partial charge in [0.05, 0.1) is 6.26 Å². The molecule has 0 aromatic rings. The van der Waals surface area contributed by atoms with E-state index in [1.807, 2.05) is 0 Å². The van der Waals surface area contributed by atoms with Crippen LogP contribution in [0.1, 0.15) is 32.1 Å². The lowest BCUT2D eigenvalue weighted by molar-refractivity contribution is -0.126. The van der Waals surface area contributed by atoms with Crippen LogP contribution >= 0.6 is 0 Å². The maximum Gasteiger partial charge on any atom is 0.223 e. The summed E-state index contributed by atoms with van der Waals surface area (Å²) in [6, 6.07) is 0. The van der Waals surface area contributed by atoms with Gasteiger partial charge in [0.15, 0.2) is 0 Å². The Bertz CT molecular complexity index is 438. The molecule has 1 amide bonds. The number of likely N-dealkylation sites (tertiary alicyclic amines) is 1. The average molecular weight is 317 g/mol. The number of carbonyl (C=O) groups is 1. The summed E-state index contributed by atoms with van der Waals surface area (Å²) in [5.41, 5.74) is 0. The van der Waals surface area contributed by atoms with Crippen molar-refractivity contribution in [2.45, 2.75) is 32.1 Å². The SMILES string of the molecule is CS(=O)(=O)N1CCC(C(=O)NCCN2CCCCC2)CC1. The van der Waals surface area contributed by atoms with E-state index in [1.165, 1.54) is 29.8 Å². The minimum atomic E-state index is -3.11. The van der Waals surface area contributed by atoms with E-state index in [0.717, 1.165) is 19.6 Å². The van der Waals surface area contributed by atoms with Gasteiger partial charge in [0.2, 0.25) is 15.9 Å². The first-order chi connectivity index (χ1) is 9.97. The quantitative estimate of drug-likeness (QED) is 0.790. The van der Waals surface area contributed by atoms with Gasteiger partial charge in [-0.2, -0.15) is 0 Å². The first-order valence-electron chi connectivity index (χ1n) is 7.92. The molecule has 0 radical (unpaired) electrons. The Hall–Kier alpha value is -0.660. The molecule has 2 saturated heterocycles. The maximum absolute atomic E-state index is 12.1. The van der Waals surface area contributed by atoms with E-state index in [4.69, 9.17) is 0 Å². The molecule has 0 aromatic carbocycles. The van der Waals surface area contributed by atoms with E-state index in [2.05, 4.69) is 10.2 Å². The van der Waals surface area contributed by atoms with Gasteiger partial charge in [0.25, 0.3) is 0 Å². The van der Waals surface area contributed by atoms with Crippen molar-refractivity contribution in [1.29, 1.82) is 0 Å². The Kier molecular flexibility index (Phi) is 6.01. The summed E-state index contributed by atoms with van der Waals surface area (Å²) in [6.45, 7) is 4.83. The van der Waals surface area contributed by atoms with Gasteiger partial charge in [-0.3, -0.25) is 4.79 Å². The smallest absolute Gasteiger partial charge is 0.223 e. The first-order valence-corrected chi connectivity index (χ1v) is 9.77. The van der Waals surface area contributed by atoms with Crippen LogP contribution < -0.4 is 5.32 Å². The fraction of sp³-hybridized carbons (Fsp3) is 0.929. The number of sulfonamides is 1. The summed E-state index contributed by atoms with van der Waals surface area (Å²) in [6.07, 6.45) is 6.33. The molecule has 7 heteroatoms. The van der Waals surface area contributed by atoms with E-state index in [-0.39, 0.29) is 11.8 Å². The molecule has 0 atom stereocenters. The number of piperidine rings is 2. The minimum Gasteiger partial charge on any atom is -0.355 e. The second kappa shape index (κ2) is 7.56. The van der Waals surface area contributed by atoms with Crippen LogP contribution in [0.5, 0.6) is 0 Å². The fourth-order valence-electron chi connectivity index (χ4n) is 3.11. The van der Waals surface area contributed by atoms with Crippen molar-refractivity contribution in [2.75, 3.05) is 45.5 Å². The Balaban J connectivity index is 1.65. The standard InChI is InChI=1S/C14H27N3O3S/c1-21(19,20)17-10-5-13(6-11-17)14(18)15-7-12-16-8-3-2-4-9-16/h13H,2-12H2,1H3,(H,15,18). The predicted molar refractivity (Wildman–Crippen MR) is 82.4 cm³/mol. The van der Waals surface area contributed by atoms with Crippen molar-refractivity contribution in [3.8, 4) is 0 Å². The minimum absolute atomic E-state index is 0.0376. The van der Waals surface area contributed by atoms with E-state index in [1.54, 1.807) is 0 Å². The van der Waals surface area contributed by atoms with Crippen molar-refractivity contribution < 1.29 is 13.2 Å². The van der Waals surface area contributed by atoms with Crippen LogP contribution in [0.4, 0.5) is 0 Å². The molecular weight excluding hydrogens is 290 g/mol. The number of nitrogens with zero attached hydrogens (tertiary/aromatic N) is 2. The van der Waals surface area contributed by atoms with Gasteiger partial charge in [-0.25, -0.2) is 12.7 Å². The van der Waals surface area contributed by atoms with Gasteiger partial charge in [0, 0.05) is 32.1 Å². The highest BCUT2D eigenvalue weighted by Gasteiger charge is 2.28. The maximum atomic E-state index is 12.1. The lowest BCUT2D eigenvalue weighted by Gasteiger charge is -2.30.